The van der Waals surface area contributed by atoms with Crippen molar-refractivity contribution in [3.63, 3.8) is 0 Å². The molecule has 0 saturated carbocycles. The summed E-state index contributed by atoms with van der Waals surface area (Å²) in [6.45, 7) is 6.15. The van der Waals surface area contributed by atoms with Crippen molar-refractivity contribution < 1.29 is 4.79 Å². The highest BCUT2D eigenvalue weighted by Crippen LogP contribution is 2.22. The van der Waals surface area contributed by atoms with Crippen LogP contribution in [0.5, 0.6) is 0 Å². The number of hydrogen-bond donors (Lipinski definition) is 2. The van der Waals surface area contributed by atoms with Gasteiger partial charge in [0.2, 0.25) is 5.91 Å². The lowest BCUT2D eigenvalue weighted by Gasteiger charge is -2.35. The number of carbonyl (C=O) groups is 1. The predicted octanol–water partition coefficient (Wildman–Crippen LogP) is 3.17. The van der Waals surface area contributed by atoms with E-state index in [1.165, 1.54) is 25.7 Å². The summed E-state index contributed by atoms with van der Waals surface area (Å²) >= 11 is 0. The third-order valence-electron chi connectivity index (χ3n) is 4.50. The number of nitrogens with two attached hydrogens (primary N) is 1. The molecule has 0 radical (unpaired) electrons. The van der Waals surface area contributed by atoms with Gasteiger partial charge in [-0.05, 0) is 50.4 Å². The maximum atomic E-state index is 12.1. The highest BCUT2D eigenvalue weighted by atomic mass is 16.1. The second-order valence-electron chi connectivity index (χ2n) is 5.91. The summed E-state index contributed by atoms with van der Waals surface area (Å²) < 4.78 is 0. The topological polar surface area (TPSA) is 58.4 Å². The van der Waals surface area contributed by atoms with Gasteiger partial charge in [0.05, 0.1) is 0 Å². The fraction of sp³-hybridized carbons (Fsp3) is 0.588. The number of likely N-dealkylation sites (tertiary alicyclic amines) is 1. The fourth-order valence-corrected chi connectivity index (χ4v) is 3.06. The maximum absolute atomic E-state index is 12.1. The molecule has 0 aliphatic carbocycles. The molecule has 1 amide bonds. The minimum absolute atomic E-state index is 0.0733. The summed E-state index contributed by atoms with van der Waals surface area (Å²) in [6, 6.07) is 6.28. The second-order valence-corrected chi connectivity index (χ2v) is 5.91. The highest BCUT2D eigenvalue weighted by molar-refractivity contribution is 5.92. The summed E-state index contributed by atoms with van der Waals surface area (Å²) in [4.78, 5) is 14.6. The van der Waals surface area contributed by atoms with E-state index < -0.39 is 0 Å². The average Bonchev–Trinajstić information content (AvgIpc) is 2.50. The molecule has 0 spiro atoms. The number of amides is 1. The fourth-order valence-electron chi connectivity index (χ4n) is 3.06. The first-order chi connectivity index (χ1) is 10.1. The van der Waals surface area contributed by atoms with Crippen LogP contribution in [0.2, 0.25) is 0 Å². The van der Waals surface area contributed by atoms with E-state index in [9.17, 15) is 4.79 Å². The summed E-state index contributed by atoms with van der Waals surface area (Å²) in [5, 5.41) is 2.98. The van der Waals surface area contributed by atoms with E-state index in [0.717, 1.165) is 30.0 Å². The van der Waals surface area contributed by atoms with Gasteiger partial charge in [-0.25, -0.2) is 0 Å². The molecule has 1 saturated heterocycles. The van der Waals surface area contributed by atoms with Crippen molar-refractivity contribution in [3.05, 3.63) is 23.8 Å². The lowest BCUT2D eigenvalue weighted by Crippen LogP contribution is -2.40. The van der Waals surface area contributed by atoms with Gasteiger partial charge in [0.25, 0.3) is 0 Å². The van der Waals surface area contributed by atoms with Crippen LogP contribution in [0.25, 0.3) is 0 Å². The molecule has 4 nitrogen and oxygen atoms in total. The SMILES string of the molecule is CCC1CCCCN1CCC(=O)Nc1cccc(N)c1C. The molecule has 21 heavy (non-hydrogen) atoms. The van der Waals surface area contributed by atoms with Crippen molar-refractivity contribution in [1.29, 1.82) is 0 Å². The van der Waals surface area contributed by atoms with Crippen LogP contribution >= 0.6 is 0 Å². The number of rotatable bonds is 5. The number of anilines is 2. The lowest BCUT2D eigenvalue weighted by molar-refractivity contribution is -0.116. The van der Waals surface area contributed by atoms with Crippen molar-refractivity contribution in [1.82, 2.24) is 4.90 Å². The van der Waals surface area contributed by atoms with Crippen LogP contribution in [0.4, 0.5) is 11.4 Å². The van der Waals surface area contributed by atoms with Crippen LogP contribution < -0.4 is 11.1 Å². The largest absolute Gasteiger partial charge is 0.398 e. The number of nitrogen functional groups attached to an aromatic ring is 1. The number of benzene rings is 1. The van der Waals surface area contributed by atoms with Gasteiger partial charge in [-0.2, -0.15) is 0 Å². The molecule has 1 atom stereocenters. The number of nitrogens with zero attached hydrogens (tertiary/aromatic N) is 1. The first-order valence-electron chi connectivity index (χ1n) is 8.00. The van der Waals surface area contributed by atoms with Crippen molar-refractivity contribution in [2.45, 2.75) is 52.0 Å². The van der Waals surface area contributed by atoms with E-state index in [2.05, 4.69) is 17.1 Å². The molecule has 1 fully saturated rings. The molecule has 1 aromatic carbocycles. The normalized spacial score (nSPS) is 19.4. The average molecular weight is 289 g/mol. The Morgan fingerprint density at radius 2 is 2.24 bits per heavy atom. The molecule has 116 valence electrons. The molecule has 2 rings (SSSR count). The minimum Gasteiger partial charge on any atom is -0.398 e. The molecule has 4 heteroatoms. The van der Waals surface area contributed by atoms with E-state index in [4.69, 9.17) is 5.73 Å². The summed E-state index contributed by atoms with van der Waals surface area (Å²) in [6.07, 6.45) is 5.57. The molecule has 1 heterocycles. The van der Waals surface area contributed by atoms with Crippen LogP contribution in [0, 0.1) is 6.92 Å². The number of piperidine rings is 1. The zero-order chi connectivity index (χ0) is 15.2. The third-order valence-corrected chi connectivity index (χ3v) is 4.50. The molecule has 1 unspecified atom stereocenters. The zero-order valence-electron chi connectivity index (χ0n) is 13.2. The van der Waals surface area contributed by atoms with E-state index in [1.54, 1.807) is 0 Å². The van der Waals surface area contributed by atoms with E-state index >= 15 is 0 Å². The van der Waals surface area contributed by atoms with Crippen molar-refractivity contribution in [3.8, 4) is 0 Å². The van der Waals surface area contributed by atoms with Crippen LogP contribution in [0.1, 0.15) is 44.6 Å². The Morgan fingerprint density at radius 1 is 1.43 bits per heavy atom. The molecule has 1 aromatic rings. The van der Waals surface area contributed by atoms with Crippen molar-refractivity contribution in [2.75, 3.05) is 24.1 Å². The van der Waals surface area contributed by atoms with E-state index in [0.29, 0.717) is 12.5 Å². The monoisotopic (exact) mass is 289 g/mol. The standard InChI is InChI=1S/C17H27N3O/c1-3-14-7-4-5-11-20(14)12-10-17(21)19-16-9-6-8-15(18)13(16)2/h6,8-9,14H,3-5,7,10-12,18H2,1-2H3,(H,19,21). The number of hydrogen-bond acceptors (Lipinski definition) is 3. The molecule has 1 aliphatic heterocycles. The molecule has 3 N–H and O–H groups in total. The van der Waals surface area contributed by atoms with E-state index in [-0.39, 0.29) is 5.91 Å². The van der Waals surface area contributed by atoms with Gasteiger partial charge in [-0.15, -0.1) is 0 Å². The van der Waals surface area contributed by atoms with Crippen molar-refractivity contribution >= 4 is 17.3 Å². The van der Waals surface area contributed by atoms with Gasteiger partial charge in [0.1, 0.15) is 0 Å². The van der Waals surface area contributed by atoms with Crippen LogP contribution in [0.15, 0.2) is 18.2 Å². The van der Waals surface area contributed by atoms with Gasteiger partial charge in [0, 0.05) is 30.4 Å². The van der Waals surface area contributed by atoms with Crippen LogP contribution in [-0.2, 0) is 4.79 Å². The number of nitrogens with one attached hydrogen (secondary N) is 1. The summed E-state index contributed by atoms with van der Waals surface area (Å²) in [5.41, 5.74) is 8.35. The Balaban J connectivity index is 1.85. The number of carbonyl (C=O) groups excluding carboxylic acids is 1. The third kappa shape index (κ3) is 4.21. The highest BCUT2D eigenvalue weighted by Gasteiger charge is 2.21. The van der Waals surface area contributed by atoms with Crippen LogP contribution in [0.3, 0.4) is 0 Å². The Hall–Kier alpha value is -1.55. The molecule has 1 aliphatic rings. The second kappa shape index (κ2) is 7.46. The molecular formula is C17H27N3O. The Morgan fingerprint density at radius 3 is 3.00 bits per heavy atom. The Bertz CT molecular complexity index is 487. The first kappa shape index (κ1) is 15.8. The van der Waals surface area contributed by atoms with E-state index in [1.807, 2.05) is 25.1 Å². The summed E-state index contributed by atoms with van der Waals surface area (Å²) in [5.74, 6) is 0.0733. The van der Waals surface area contributed by atoms with Gasteiger partial charge in [-0.1, -0.05) is 19.4 Å². The van der Waals surface area contributed by atoms with Crippen LogP contribution in [-0.4, -0.2) is 29.9 Å². The quantitative estimate of drug-likeness (QED) is 0.819. The van der Waals surface area contributed by atoms with Crippen molar-refractivity contribution in [2.24, 2.45) is 0 Å². The maximum Gasteiger partial charge on any atom is 0.225 e. The minimum atomic E-state index is 0.0733. The summed E-state index contributed by atoms with van der Waals surface area (Å²) in [7, 11) is 0. The van der Waals surface area contributed by atoms with Gasteiger partial charge in [-0.3, -0.25) is 9.69 Å². The molecule has 0 aromatic heterocycles. The molecular weight excluding hydrogens is 262 g/mol. The Labute approximate surface area is 127 Å². The lowest BCUT2D eigenvalue weighted by atomic mass is 10.00. The van der Waals surface area contributed by atoms with Gasteiger partial charge in [0.15, 0.2) is 0 Å². The van der Waals surface area contributed by atoms with Gasteiger partial charge < -0.3 is 11.1 Å². The first-order valence-corrected chi connectivity index (χ1v) is 8.00. The predicted molar refractivity (Wildman–Crippen MR) is 88.3 cm³/mol. The smallest absolute Gasteiger partial charge is 0.225 e. The van der Waals surface area contributed by atoms with Gasteiger partial charge >= 0.3 is 0 Å². The molecule has 0 bridgehead atoms. The Kier molecular flexibility index (Phi) is 5.62. The zero-order valence-corrected chi connectivity index (χ0v) is 13.2.